The summed E-state index contributed by atoms with van der Waals surface area (Å²) in [7, 11) is 0. The Morgan fingerprint density at radius 2 is 1.94 bits per heavy atom. The summed E-state index contributed by atoms with van der Waals surface area (Å²) in [6, 6.07) is 1.94. The molecule has 0 bridgehead atoms. The van der Waals surface area contributed by atoms with E-state index in [0.717, 1.165) is 12.1 Å². The van der Waals surface area contributed by atoms with Crippen molar-refractivity contribution < 1.29 is 45.3 Å². The standard InChI is InChI=1S/C18H16F6N5O4/c1-8-14-9-3-11(26-16(2)6-25-7-16)10(17(19,20)21)4-13(9)32-5-12(14)27-29(28(8)31)33-15(30)18(22,23)24/h3-4,25-26H,5-7H2,1-2H3/q+1. The number of nitrogens with one attached hydrogen (secondary N) is 2. The number of hydrogen-bond donors (Lipinski definition) is 2. The van der Waals surface area contributed by atoms with Crippen molar-refractivity contribution in [3.05, 3.63) is 34.0 Å². The number of anilines is 1. The number of benzene rings is 1. The van der Waals surface area contributed by atoms with E-state index < -0.39 is 36.0 Å². The number of rotatable bonds is 3. The first-order valence-electron chi connectivity index (χ1n) is 9.42. The van der Waals surface area contributed by atoms with Gasteiger partial charge in [-0.25, -0.2) is 4.79 Å². The Balaban J connectivity index is 1.84. The average Bonchev–Trinajstić information content (AvgIpc) is 2.68. The Kier molecular flexibility index (Phi) is 5.07. The van der Waals surface area contributed by atoms with Gasteiger partial charge in [0.2, 0.25) is 10.7 Å². The first-order valence-corrected chi connectivity index (χ1v) is 9.42. The van der Waals surface area contributed by atoms with E-state index in [4.69, 9.17) is 4.74 Å². The van der Waals surface area contributed by atoms with Gasteiger partial charge in [-0.3, -0.25) is 4.84 Å². The molecule has 0 amide bonds. The first kappa shape index (κ1) is 22.8. The van der Waals surface area contributed by atoms with E-state index in [0.29, 0.717) is 13.1 Å². The highest BCUT2D eigenvalue weighted by atomic mass is 19.4. The normalized spacial score (nSPS) is 16.7. The molecule has 0 unspecified atom stereocenters. The molecule has 0 aliphatic carbocycles. The van der Waals surface area contributed by atoms with Crippen LogP contribution in [0.15, 0.2) is 12.1 Å². The first-order chi connectivity index (χ1) is 15.2. The molecular weight excluding hydrogens is 464 g/mol. The Hall–Kier alpha value is -3.36. The van der Waals surface area contributed by atoms with Gasteiger partial charge in [0.1, 0.15) is 10.3 Å². The van der Waals surface area contributed by atoms with Gasteiger partial charge in [-0.15, -0.1) is 0 Å². The number of carbonyl (C=O) groups is 1. The van der Waals surface area contributed by atoms with Crippen LogP contribution in [0.4, 0.5) is 32.0 Å². The van der Waals surface area contributed by atoms with Gasteiger partial charge in [-0.2, -0.15) is 26.3 Å². The van der Waals surface area contributed by atoms with Gasteiger partial charge in [0.05, 0.1) is 21.8 Å². The van der Waals surface area contributed by atoms with Gasteiger partial charge < -0.3 is 15.4 Å². The average molecular weight is 480 g/mol. The second-order valence-electron chi connectivity index (χ2n) is 7.88. The maximum absolute atomic E-state index is 13.7. The number of aromatic nitrogens is 3. The predicted molar refractivity (Wildman–Crippen MR) is 97.6 cm³/mol. The highest BCUT2D eigenvalue weighted by Crippen LogP contribution is 2.46. The molecule has 33 heavy (non-hydrogen) atoms. The maximum Gasteiger partial charge on any atom is 0.493 e. The smallest absolute Gasteiger partial charge is 0.484 e. The second-order valence-corrected chi connectivity index (χ2v) is 7.88. The van der Waals surface area contributed by atoms with Crippen LogP contribution >= 0.6 is 0 Å². The van der Waals surface area contributed by atoms with Gasteiger partial charge in [-0.05, 0) is 24.0 Å². The van der Waals surface area contributed by atoms with Crippen LogP contribution in [-0.4, -0.2) is 40.8 Å². The summed E-state index contributed by atoms with van der Waals surface area (Å²) >= 11 is 0. The van der Waals surface area contributed by atoms with E-state index >= 15 is 0 Å². The number of fused-ring (bicyclic) bond motifs is 3. The molecule has 0 spiro atoms. The molecule has 1 aromatic heterocycles. The molecule has 178 valence electrons. The van der Waals surface area contributed by atoms with E-state index in [1.54, 1.807) is 6.92 Å². The fourth-order valence-corrected chi connectivity index (χ4v) is 3.55. The van der Waals surface area contributed by atoms with Crippen LogP contribution in [0.5, 0.6) is 5.75 Å². The molecule has 2 aliphatic heterocycles. The molecule has 1 aromatic carbocycles. The van der Waals surface area contributed by atoms with Crippen LogP contribution < -0.4 is 24.7 Å². The second kappa shape index (κ2) is 7.33. The lowest BCUT2D eigenvalue weighted by molar-refractivity contribution is -0.646. The van der Waals surface area contributed by atoms with Crippen molar-refractivity contribution in [3.63, 3.8) is 0 Å². The molecule has 1 saturated heterocycles. The highest BCUT2D eigenvalue weighted by Gasteiger charge is 2.45. The number of ether oxygens (including phenoxy) is 1. The summed E-state index contributed by atoms with van der Waals surface area (Å²) in [5.74, 6) is -2.86. The van der Waals surface area contributed by atoms with E-state index in [1.807, 2.05) is 0 Å². The molecule has 9 nitrogen and oxygen atoms in total. The number of hydrogen-bond acceptors (Lipinski definition) is 7. The van der Waals surface area contributed by atoms with Crippen LogP contribution in [0.2, 0.25) is 0 Å². The number of halogens is 6. The van der Waals surface area contributed by atoms with Crippen molar-refractivity contribution in [2.45, 2.75) is 38.3 Å². The molecular formula is C18H16F6N5O4+. The third-order valence-corrected chi connectivity index (χ3v) is 5.22. The van der Waals surface area contributed by atoms with E-state index in [1.165, 1.54) is 6.92 Å². The zero-order valence-corrected chi connectivity index (χ0v) is 17.0. The Morgan fingerprint density at radius 1 is 1.27 bits per heavy atom. The molecule has 2 N–H and O–H groups in total. The zero-order valence-electron chi connectivity index (χ0n) is 17.0. The Labute approximate surface area is 180 Å². The minimum atomic E-state index is -5.38. The van der Waals surface area contributed by atoms with Crippen molar-refractivity contribution in [2.75, 3.05) is 18.4 Å². The van der Waals surface area contributed by atoms with Crippen LogP contribution in [0.3, 0.4) is 0 Å². The van der Waals surface area contributed by atoms with E-state index in [9.17, 15) is 36.0 Å². The van der Waals surface area contributed by atoms with Gasteiger partial charge in [0, 0.05) is 31.3 Å². The molecule has 0 atom stereocenters. The van der Waals surface area contributed by atoms with Crippen LogP contribution in [0.25, 0.3) is 11.1 Å². The fraction of sp³-hybridized carbons (Fsp3) is 0.444. The predicted octanol–water partition coefficient (Wildman–Crippen LogP) is 1.98. The summed E-state index contributed by atoms with van der Waals surface area (Å²) in [6.07, 6.45) is -10.1. The van der Waals surface area contributed by atoms with Crippen molar-refractivity contribution in [2.24, 2.45) is 0 Å². The highest BCUT2D eigenvalue weighted by molar-refractivity contribution is 5.80. The number of alkyl halides is 6. The Bertz CT molecular complexity index is 1200. The summed E-state index contributed by atoms with van der Waals surface area (Å²) < 4.78 is 83.7. The van der Waals surface area contributed by atoms with Crippen molar-refractivity contribution in [1.82, 2.24) is 15.4 Å². The molecule has 0 radical (unpaired) electrons. The topological polar surface area (TPSA) is 100 Å². The van der Waals surface area contributed by atoms with Crippen LogP contribution in [0, 0.1) is 11.8 Å². The molecule has 2 aliphatic rings. The molecule has 0 saturated carbocycles. The molecule has 1 fully saturated rings. The lowest BCUT2D eigenvalue weighted by Crippen LogP contribution is -2.62. The van der Waals surface area contributed by atoms with Crippen molar-refractivity contribution in [1.29, 1.82) is 0 Å². The van der Waals surface area contributed by atoms with Gasteiger partial charge >= 0.3 is 18.3 Å². The summed E-state index contributed by atoms with van der Waals surface area (Å²) in [6.45, 7) is 3.28. The SMILES string of the molecule is Cc1c2c(nn(OC(=O)C(F)(F)F)[n+]1=O)COc1cc(C(F)(F)F)c(NC3(C)CNC3)cc1-2. The van der Waals surface area contributed by atoms with Crippen molar-refractivity contribution in [3.8, 4) is 16.9 Å². The molecule has 4 rings (SSSR count). The Morgan fingerprint density at radius 3 is 2.48 bits per heavy atom. The lowest BCUT2D eigenvalue weighted by atomic mass is 9.92. The fourth-order valence-electron chi connectivity index (χ4n) is 3.55. The molecule has 2 aromatic rings. The summed E-state index contributed by atoms with van der Waals surface area (Å²) in [4.78, 5) is 27.3. The van der Waals surface area contributed by atoms with Gasteiger partial charge in [-0.1, -0.05) is 0 Å². The van der Waals surface area contributed by atoms with Gasteiger partial charge in [0.25, 0.3) is 0 Å². The lowest BCUT2D eigenvalue weighted by Gasteiger charge is -2.41. The summed E-state index contributed by atoms with van der Waals surface area (Å²) in [5.41, 5.74) is -2.14. The van der Waals surface area contributed by atoms with Crippen LogP contribution in [-0.2, 0) is 17.6 Å². The van der Waals surface area contributed by atoms with E-state index in [2.05, 4.69) is 20.6 Å². The zero-order chi connectivity index (χ0) is 24.3. The van der Waals surface area contributed by atoms with E-state index in [-0.39, 0.29) is 43.5 Å². The van der Waals surface area contributed by atoms with Crippen LogP contribution in [0.1, 0.15) is 23.9 Å². The maximum atomic E-state index is 13.7. The largest absolute Gasteiger partial charge is 0.493 e. The number of nitrogens with zero attached hydrogens (tertiary/aromatic N) is 3. The minimum Gasteiger partial charge on any atom is -0.484 e. The minimum absolute atomic E-state index is 0.0548. The molecule has 15 heteroatoms. The number of carbonyl (C=O) groups excluding carboxylic acids is 1. The van der Waals surface area contributed by atoms with Gasteiger partial charge in [0.15, 0.2) is 12.3 Å². The third kappa shape index (κ3) is 4.07. The monoisotopic (exact) mass is 480 g/mol. The third-order valence-electron chi connectivity index (χ3n) is 5.22. The summed E-state index contributed by atoms with van der Waals surface area (Å²) in [5, 5.41) is 9.39. The quantitative estimate of drug-likeness (QED) is 0.512. The molecule has 3 heterocycles. The van der Waals surface area contributed by atoms with Crippen molar-refractivity contribution >= 4 is 11.7 Å².